The summed E-state index contributed by atoms with van der Waals surface area (Å²) in [4.78, 5) is 14.4. The Bertz CT molecular complexity index is 1000. The minimum absolute atomic E-state index is 0.374. The second-order valence-corrected chi connectivity index (χ2v) is 8.82. The first-order valence-electron chi connectivity index (χ1n) is 9.95. The lowest BCUT2D eigenvalue weighted by Crippen LogP contribution is -2.30. The van der Waals surface area contributed by atoms with Gasteiger partial charge in [-0.05, 0) is 35.9 Å². The van der Waals surface area contributed by atoms with E-state index in [1.54, 1.807) is 14.2 Å². The number of nitrogens with zero attached hydrogens (tertiary/aromatic N) is 3. The van der Waals surface area contributed by atoms with Gasteiger partial charge in [-0.25, -0.2) is 9.97 Å². The Balaban J connectivity index is 1.46. The van der Waals surface area contributed by atoms with Gasteiger partial charge in [0.25, 0.3) is 0 Å². The molecule has 2 aromatic heterocycles. The van der Waals surface area contributed by atoms with Gasteiger partial charge in [-0.2, -0.15) is 0 Å². The lowest BCUT2D eigenvalue weighted by atomic mass is 10.1. The molecule has 29 heavy (non-hydrogen) atoms. The maximum Gasteiger partial charge on any atom is 0.161 e. The molecule has 0 unspecified atom stereocenters. The molecule has 3 aromatic rings. The van der Waals surface area contributed by atoms with Crippen molar-refractivity contribution in [2.75, 3.05) is 20.8 Å². The summed E-state index contributed by atoms with van der Waals surface area (Å²) in [6.45, 7) is 7.18. The highest BCUT2D eigenvalue weighted by atomic mass is 32.1. The van der Waals surface area contributed by atoms with Crippen molar-refractivity contribution in [3.8, 4) is 21.9 Å². The monoisotopic (exact) mass is 409 g/mol. The van der Waals surface area contributed by atoms with E-state index in [9.17, 15) is 0 Å². The first-order valence-corrected chi connectivity index (χ1v) is 10.8. The molecule has 3 heterocycles. The van der Waals surface area contributed by atoms with Crippen LogP contribution in [0.5, 0.6) is 11.5 Å². The molecule has 0 bridgehead atoms. The van der Waals surface area contributed by atoms with Gasteiger partial charge < -0.3 is 9.47 Å². The summed E-state index contributed by atoms with van der Waals surface area (Å²) in [7, 11) is 3.33. The third-order valence-electron chi connectivity index (χ3n) is 5.26. The highest BCUT2D eigenvalue weighted by molar-refractivity contribution is 7.15. The van der Waals surface area contributed by atoms with Gasteiger partial charge in [-0.1, -0.05) is 13.8 Å². The van der Waals surface area contributed by atoms with Crippen LogP contribution < -0.4 is 9.47 Å². The van der Waals surface area contributed by atoms with Crippen molar-refractivity contribution in [3.63, 3.8) is 0 Å². The molecule has 1 aliphatic rings. The van der Waals surface area contributed by atoms with E-state index < -0.39 is 0 Å². The molecule has 4 rings (SSSR count). The number of hydrogen-bond donors (Lipinski definition) is 0. The number of aromatic nitrogens is 2. The lowest BCUT2D eigenvalue weighted by molar-refractivity contribution is 0.244. The Morgan fingerprint density at radius 1 is 1.10 bits per heavy atom. The van der Waals surface area contributed by atoms with Crippen LogP contribution in [0.15, 0.2) is 36.5 Å². The van der Waals surface area contributed by atoms with E-state index in [1.807, 2.05) is 29.7 Å². The zero-order valence-electron chi connectivity index (χ0n) is 17.4. The average Bonchev–Trinajstić information content (AvgIpc) is 3.21. The minimum atomic E-state index is 0.374. The second-order valence-electron chi connectivity index (χ2n) is 7.65. The number of rotatable bonds is 6. The maximum atomic E-state index is 5.44. The molecule has 0 aliphatic carbocycles. The zero-order chi connectivity index (χ0) is 20.4. The van der Waals surface area contributed by atoms with E-state index in [1.165, 1.54) is 21.0 Å². The summed E-state index contributed by atoms with van der Waals surface area (Å²) in [5.74, 6) is 2.84. The molecule has 0 radical (unpaired) electrons. The van der Waals surface area contributed by atoms with Crippen LogP contribution in [0.4, 0.5) is 0 Å². The SMILES string of the molecule is COc1ccc(-c2ccc(CN3CCc4nc(C(C)C)ncc4C3)s2)cc1OC. The third kappa shape index (κ3) is 4.28. The first kappa shape index (κ1) is 19.9. The van der Waals surface area contributed by atoms with E-state index in [4.69, 9.17) is 14.5 Å². The summed E-state index contributed by atoms with van der Waals surface area (Å²) in [5, 5.41) is 0. The predicted octanol–water partition coefficient (Wildman–Crippen LogP) is 4.90. The van der Waals surface area contributed by atoms with Crippen molar-refractivity contribution < 1.29 is 9.47 Å². The van der Waals surface area contributed by atoms with Crippen LogP contribution in [0.25, 0.3) is 10.4 Å². The predicted molar refractivity (Wildman–Crippen MR) is 117 cm³/mol. The molecular weight excluding hydrogens is 382 g/mol. The number of ether oxygens (including phenoxy) is 2. The van der Waals surface area contributed by atoms with E-state index in [2.05, 4.69) is 41.9 Å². The molecule has 0 saturated carbocycles. The van der Waals surface area contributed by atoms with Crippen LogP contribution in [0, 0.1) is 0 Å². The fourth-order valence-corrected chi connectivity index (χ4v) is 4.68. The Morgan fingerprint density at radius 3 is 2.69 bits per heavy atom. The van der Waals surface area contributed by atoms with Crippen molar-refractivity contribution >= 4 is 11.3 Å². The molecule has 1 aromatic carbocycles. The Morgan fingerprint density at radius 2 is 1.93 bits per heavy atom. The molecule has 0 saturated heterocycles. The smallest absolute Gasteiger partial charge is 0.161 e. The number of benzene rings is 1. The summed E-state index contributed by atoms with van der Waals surface area (Å²) in [6, 6.07) is 10.5. The largest absolute Gasteiger partial charge is 0.493 e. The summed E-state index contributed by atoms with van der Waals surface area (Å²) in [5.41, 5.74) is 3.63. The number of thiophene rings is 1. The number of methoxy groups -OCH3 is 2. The topological polar surface area (TPSA) is 47.5 Å². The fraction of sp³-hybridized carbons (Fsp3) is 0.391. The van der Waals surface area contributed by atoms with Gasteiger partial charge in [0.15, 0.2) is 11.5 Å². The molecule has 1 aliphatic heterocycles. The van der Waals surface area contributed by atoms with Gasteiger partial charge in [0, 0.05) is 59.2 Å². The number of hydrogen-bond acceptors (Lipinski definition) is 6. The molecule has 5 nitrogen and oxygen atoms in total. The molecule has 0 atom stereocenters. The normalized spacial score (nSPS) is 14.1. The van der Waals surface area contributed by atoms with Gasteiger partial charge in [0.1, 0.15) is 5.82 Å². The van der Waals surface area contributed by atoms with Crippen molar-refractivity contribution in [1.29, 1.82) is 0 Å². The third-order valence-corrected chi connectivity index (χ3v) is 6.38. The van der Waals surface area contributed by atoms with Gasteiger partial charge in [0.05, 0.1) is 14.2 Å². The van der Waals surface area contributed by atoms with E-state index >= 15 is 0 Å². The summed E-state index contributed by atoms with van der Waals surface area (Å²) in [6.07, 6.45) is 3.01. The van der Waals surface area contributed by atoms with Crippen LogP contribution in [-0.4, -0.2) is 35.6 Å². The Kier molecular flexibility index (Phi) is 5.83. The summed E-state index contributed by atoms with van der Waals surface area (Å²) < 4.78 is 10.8. The van der Waals surface area contributed by atoms with Crippen LogP contribution in [0.2, 0.25) is 0 Å². The quantitative estimate of drug-likeness (QED) is 0.579. The van der Waals surface area contributed by atoms with Crippen molar-refractivity contribution in [2.24, 2.45) is 0 Å². The van der Waals surface area contributed by atoms with Crippen LogP contribution in [-0.2, 0) is 19.5 Å². The van der Waals surface area contributed by atoms with Gasteiger partial charge >= 0.3 is 0 Å². The van der Waals surface area contributed by atoms with Crippen LogP contribution in [0.3, 0.4) is 0 Å². The van der Waals surface area contributed by atoms with E-state index in [0.717, 1.165) is 48.9 Å². The van der Waals surface area contributed by atoms with Crippen molar-refractivity contribution in [1.82, 2.24) is 14.9 Å². The number of fused-ring (bicyclic) bond motifs is 1. The highest BCUT2D eigenvalue weighted by Gasteiger charge is 2.20. The van der Waals surface area contributed by atoms with Crippen molar-refractivity contribution in [3.05, 3.63) is 58.5 Å². The maximum absolute atomic E-state index is 5.44. The standard InChI is InChI=1S/C23H27N3O2S/c1-15(2)23-24-12-17-13-26(10-9-19(17)25-23)14-18-6-8-22(29-18)16-5-7-20(27-3)21(11-16)28-4/h5-8,11-12,15H,9-10,13-14H2,1-4H3. The minimum Gasteiger partial charge on any atom is -0.493 e. The molecular formula is C23H27N3O2S. The Labute approximate surface area is 176 Å². The Hall–Kier alpha value is -2.44. The van der Waals surface area contributed by atoms with E-state index in [-0.39, 0.29) is 0 Å². The zero-order valence-corrected chi connectivity index (χ0v) is 18.3. The molecule has 0 spiro atoms. The fourth-order valence-electron chi connectivity index (χ4n) is 3.63. The molecule has 0 fully saturated rings. The average molecular weight is 410 g/mol. The van der Waals surface area contributed by atoms with Gasteiger partial charge in [-0.15, -0.1) is 11.3 Å². The van der Waals surface area contributed by atoms with Gasteiger partial charge in [0.2, 0.25) is 0 Å². The first-order chi connectivity index (χ1) is 14.1. The highest BCUT2D eigenvalue weighted by Crippen LogP contribution is 2.36. The molecule has 6 heteroatoms. The van der Waals surface area contributed by atoms with Crippen LogP contribution in [0.1, 0.15) is 41.7 Å². The van der Waals surface area contributed by atoms with Crippen LogP contribution >= 0.6 is 11.3 Å². The van der Waals surface area contributed by atoms with Crippen molar-refractivity contribution in [2.45, 2.75) is 39.3 Å². The van der Waals surface area contributed by atoms with Gasteiger partial charge in [-0.3, -0.25) is 4.90 Å². The molecule has 0 amide bonds. The van der Waals surface area contributed by atoms with E-state index in [0.29, 0.717) is 5.92 Å². The molecule has 152 valence electrons. The lowest BCUT2D eigenvalue weighted by Gasteiger charge is -2.27. The molecule has 0 N–H and O–H groups in total. The summed E-state index contributed by atoms with van der Waals surface area (Å²) >= 11 is 1.83. The second kappa shape index (κ2) is 8.51.